The van der Waals surface area contributed by atoms with E-state index in [-0.39, 0.29) is 0 Å². The lowest BCUT2D eigenvalue weighted by atomic mass is 10.00. The van der Waals surface area contributed by atoms with Gasteiger partial charge in [-0.2, -0.15) is 0 Å². The van der Waals surface area contributed by atoms with Crippen LogP contribution in [0.5, 0.6) is 0 Å². The summed E-state index contributed by atoms with van der Waals surface area (Å²) in [5.41, 5.74) is 2.56. The Bertz CT molecular complexity index is 403. The van der Waals surface area contributed by atoms with E-state index in [4.69, 9.17) is 4.98 Å². The summed E-state index contributed by atoms with van der Waals surface area (Å²) in [4.78, 5) is 7.38. The number of nitrogens with zero attached hydrogens (tertiary/aromatic N) is 2. The molecule has 1 fully saturated rings. The second-order valence-electron chi connectivity index (χ2n) is 5.46. The number of hydrogen-bond donors (Lipinski definition) is 1. The smallest absolute Gasteiger partial charge is 0.129 e. The molecule has 19 heavy (non-hydrogen) atoms. The van der Waals surface area contributed by atoms with Crippen LogP contribution in [0.1, 0.15) is 50.8 Å². The van der Waals surface area contributed by atoms with Crippen molar-refractivity contribution in [2.24, 2.45) is 0 Å². The molecule has 0 saturated carbocycles. The fourth-order valence-electron chi connectivity index (χ4n) is 2.99. The lowest BCUT2D eigenvalue weighted by molar-refractivity contribution is 0.446. The second-order valence-corrected chi connectivity index (χ2v) is 5.46. The van der Waals surface area contributed by atoms with Gasteiger partial charge in [-0.05, 0) is 56.8 Å². The van der Waals surface area contributed by atoms with Crippen molar-refractivity contribution in [2.45, 2.75) is 58.5 Å². The number of rotatable bonds is 5. The fourth-order valence-corrected chi connectivity index (χ4v) is 2.99. The first kappa shape index (κ1) is 14.3. The molecule has 3 heteroatoms. The van der Waals surface area contributed by atoms with Crippen LogP contribution in [0.2, 0.25) is 0 Å². The van der Waals surface area contributed by atoms with Gasteiger partial charge in [-0.1, -0.05) is 13.8 Å². The van der Waals surface area contributed by atoms with Crippen molar-refractivity contribution in [2.75, 3.05) is 18.5 Å². The lowest BCUT2D eigenvalue weighted by Crippen LogP contribution is -2.39. The van der Waals surface area contributed by atoms with Crippen LogP contribution in [0.3, 0.4) is 0 Å². The summed E-state index contributed by atoms with van der Waals surface area (Å²) >= 11 is 0. The van der Waals surface area contributed by atoms with Crippen LogP contribution in [0.4, 0.5) is 5.82 Å². The zero-order chi connectivity index (χ0) is 13.7. The minimum Gasteiger partial charge on any atom is -0.354 e. The molecule has 1 saturated heterocycles. The zero-order valence-electron chi connectivity index (χ0n) is 12.6. The Morgan fingerprint density at radius 1 is 1.32 bits per heavy atom. The van der Waals surface area contributed by atoms with Crippen molar-refractivity contribution in [1.29, 1.82) is 0 Å². The quantitative estimate of drug-likeness (QED) is 0.882. The second kappa shape index (κ2) is 6.90. The molecule has 0 amide bonds. The molecule has 0 aromatic carbocycles. The van der Waals surface area contributed by atoms with Gasteiger partial charge < -0.3 is 10.2 Å². The van der Waals surface area contributed by atoms with E-state index >= 15 is 0 Å². The van der Waals surface area contributed by atoms with Gasteiger partial charge in [-0.3, -0.25) is 0 Å². The minimum atomic E-state index is 0.677. The number of piperidine rings is 1. The minimum absolute atomic E-state index is 0.677. The van der Waals surface area contributed by atoms with Gasteiger partial charge in [0.1, 0.15) is 5.82 Å². The Labute approximate surface area is 117 Å². The first-order chi connectivity index (χ1) is 9.28. The van der Waals surface area contributed by atoms with E-state index in [1.54, 1.807) is 0 Å². The Morgan fingerprint density at radius 3 is 2.84 bits per heavy atom. The van der Waals surface area contributed by atoms with Crippen molar-refractivity contribution in [3.8, 4) is 0 Å². The third-order valence-corrected chi connectivity index (χ3v) is 4.06. The molecule has 1 atom stereocenters. The highest BCUT2D eigenvalue weighted by Gasteiger charge is 2.22. The van der Waals surface area contributed by atoms with Gasteiger partial charge in [0.05, 0.1) is 0 Å². The van der Waals surface area contributed by atoms with Gasteiger partial charge >= 0.3 is 0 Å². The molecule has 3 nitrogen and oxygen atoms in total. The first-order valence-corrected chi connectivity index (χ1v) is 7.69. The third-order valence-electron chi connectivity index (χ3n) is 4.06. The topological polar surface area (TPSA) is 28.2 Å². The highest BCUT2D eigenvalue weighted by Crippen LogP contribution is 2.26. The average Bonchev–Trinajstić information content (AvgIpc) is 2.47. The molecule has 0 radical (unpaired) electrons. The molecule has 1 N–H and O–H groups in total. The van der Waals surface area contributed by atoms with Crippen molar-refractivity contribution >= 4 is 5.82 Å². The molecular weight excluding hydrogens is 234 g/mol. The van der Waals surface area contributed by atoms with E-state index in [1.807, 2.05) is 7.05 Å². The van der Waals surface area contributed by atoms with Gasteiger partial charge in [0.25, 0.3) is 0 Å². The van der Waals surface area contributed by atoms with Crippen LogP contribution in [0.25, 0.3) is 0 Å². The molecule has 1 aromatic rings. The first-order valence-electron chi connectivity index (χ1n) is 7.69. The standard InChI is InChI=1S/C16H27N3/c1-4-14-10-13(12-17-3)11-16(18-14)19-9-7-6-8-15(19)5-2/h10-11,15,17H,4-9,12H2,1-3H3. The molecule has 1 aromatic heterocycles. The fraction of sp³-hybridized carbons (Fsp3) is 0.688. The summed E-state index contributed by atoms with van der Waals surface area (Å²) in [6.07, 6.45) is 6.21. The molecule has 2 heterocycles. The summed E-state index contributed by atoms with van der Waals surface area (Å²) in [7, 11) is 2.00. The maximum absolute atomic E-state index is 4.85. The number of anilines is 1. The Hall–Kier alpha value is -1.09. The van der Waals surface area contributed by atoms with E-state index in [9.17, 15) is 0 Å². The summed E-state index contributed by atoms with van der Waals surface area (Å²) in [6.45, 7) is 6.56. The molecule has 2 rings (SSSR count). The average molecular weight is 261 g/mol. The normalized spacial score (nSPS) is 19.7. The van der Waals surface area contributed by atoms with Gasteiger partial charge in [0.15, 0.2) is 0 Å². The summed E-state index contributed by atoms with van der Waals surface area (Å²) in [5, 5.41) is 3.24. The van der Waals surface area contributed by atoms with Crippen LogP contribution in [0.15, 0.2) is 12.1 Å². The van der Waals surface area contributed by atoms with E-state index in [2.05, 4.69) is 36.2 Å². The Kier molecular flexibility index (Phi) is 5.20. The van der Waals surface area contributed by atoms with Crippen LogP contribution in [0, 0.1) is 0 Å². The molecule has 0 spiro atoms. The zero-order valence-corrected chi connectivity index (χ0v) is 12.6. The van der Waals surface area contributed by atoms with E-state index in [1.165, 1.54) is 42.8 Å². The monoisotopic (exact) mass is 261 g/mol. The number of pyridine rings is 1. The van der Waals surface area contributed by atoms with E-state index in [0.717, 1.165) is 19.5 Å². The van der Waals surface area contributed by atoms with Crippen molar-refractivity contribution in [1.82, 2.24) is 10.3 Å². The summed E-state index contributed by atoms with van der Waals surface area (Å²) < 4.78 is 0. The Balaban J connectivity index is 2.28. The van der Waals surface area contributed by atoms with Gasteiger partial charge in [0.2, 0.25) is 0 Å². The molecule has 106 valence electrons. The van der Waals surface area contributed by atoms with Crippen molar-refractivity contribution in [3.63, 3.8) is 0 Å². The maximum atomic E-state index is 4.85. The van der Waals surface area contributed by atoms with E-state index in [0.29, 0.717) is 6.04 Å². The summed E-state index contributed by atoms with van der Waals surface area (Å²) in [6, 6.07) is 5.17. The van der Waals surface area contributed by atoms with E-state index < -0.39 is 0 Å². The highest BCUT2D eigenvalue weighted by atomic mass is 15.2. The van der Waals surface area contributed by atoms with Crippen molar-refractivity contribution < 1.29 is 0 Å². The predicted molar refractivity (Wildman–Crippen MR) is 81.7 cm³/mol. The molecule has 0 aliphatic carbocycles. The van der Waals surface area contributed by atoms with Crippen LogP contribution in [-0.4, -0.2) is 24.6 Å². The molecular formula is C16H27N3. The number of hydrogen-bond acceptors (Lipinski definition) is 3. The van der Waals surface area contributed by atoms with Gasteiger partial charge in [-0.25, -0.2) is 4.98 Å². The molecule has 1 unspecified atom stereocenters. The number of aryl methyl sites for hydroxylation is 1. The van der Waals surface area contributed by atoms with Crippen LogP contribution < -0.4 is 10.2 Å². The third kappa shape index (κ3) is 3.47. The highest BCUT2D eigenvalue weighted by molar-refractivity contribution is 5.44. The Morgan fingerprint density at radius 2 is 2.16 bits per heavy atom. The van der Waals surface area contributed by atoms with Crippen LogP contribution >= 0.6 is 0 Å². The summed E-state index contributed by atoms with van der Waals surface area (Å²) in [5.74, 6) is 1.19. The largest absolute Gasteiger partial charge is 0.354 e. The van der Waals surface area contributed by atoms with Crippen LogP contribution in [-0.2, 0) is 13.0 Å². The number of aromatic nitrogens is 1. The predicted octanol–water partition coefficient (Wildman–Crippen LogP) is 3.13. The van der Waals surface area contributed by atoms with Gasteiger partial charge in [-0.15, -0.1) is 0 Å². The van der Waals surface area contributed by atoms with Gasteiger partial charge in [0, 0.05) is 24.8 Å². The SMILES string of the molecule is CCc1cc(CNC)cc(N2CCCCC2CC)n1. The molecule has 0 bridgehead atoms. The molecule has 1 aliphatic heterocycles. The lowest BCUT2D eigenvalue weighted by Gasteiger charge is -2.36. The number of nitrogens with one attached hydrogen (secondary N) is 1. The molecule has 1 aliphatic rings. The maximum Gasteiger partial charge on any atom is 0.129 e. The van der Waals surface area contributed by atoms with Crippen molar-refractivity contribution in [3.05, 3.63) is 23.4 Å².